The van der Waals surface area contributed by atoms with Gasteiger partial charge in [-0.1, -0.05) is 55.1 Å². The molecule has 0 saturated heterocycles. The number of nitrogens with one attached hydrogen (secondary N) is 1. The minimum absolute atomic E-state index is 0.0447. The summed E-state index contributed by atoms with van der Waals surface area (Å²) in [7, 11) is 0. The maximum absolute atomic E-state index is 12.2. The van der Waals surface area contributed by atoms with Crippen molar-refractivity contribution < 1.29 is 9.53 Å². The molecule has 0 aliphatic carbocycles. The Morgan fingerprint density at radius 2 is 1.88 bits per heavy atom. The Morgan fingerprint density at radius 3 is 2.68 bits per heavy atom. The predicted molar refractivity (Wildman–Crippen MR) is 101 cm³/mol. The predicted octanol–water partition coefficient (Wildman–Crippen LogP) is 4.88. The molecule has 1 aliphatic rings. The third kappa shape index (κ3) is 2.89. The molecule has 3 heteroatoms. The second-order valence-corrected chi connectivity index (χ2v) is 6.22. The van der Waals surface area contributed by atoms with E-state index < -0.39 is 0 Å². The van der Waals surface area contributed by atoms with Crippen LogP contribution in [0.1, 0.15) is 23.5 Å². The van der Waals surface area contributed by atoms with Gasteiger partial charge in [0.05, 0.1) is 0 Å². The lowest BCUT2D eigenvalue weighted by atomic mass is 9.82. The molecule has 1 amide bonds. The van der Waals surface area contributed by atoms with E-state index in [-0.39, 0.29) is 11.8 Å². The Balaban J connectivity index is 1.79. The molecule has 1 unspecified atom stereocenters. The lowest BCUT2D eigenvalue weighted by molar-refractivity contribution is -0.116. The number of ether oxygens (including phenoxy) is 1. The number of carbonyl (C=O) groups excluding carboxylic acids is 1. The molecular formula is C22H19NO2. The number of carbonyl (C=O) groups is 1. The van der Waals surface area contributed by atoms with E-state index in [4.69, 9.17) is 4.74 Å². The number of anilines is 1. The van der Waals surface area contributed by atoms with Crippen LogP contribution >= 0.6 is 0 Å². The van der Waals surface area contributed by atoms with Crippen molar-refractivity contribution in [3.05, 3.63) is 84.4 Å². The fraction of sp³-hybridized carbons (Fsp3) is 0.136. The number of hydrogen-bond donors (Lipinski definition) is 1. The van der Waals surface area contributed by atoms with Crippen LogP contribution in [0.25, 0.3) is 10.8 Å². The number of rotatable bonds is 4. The Hall–Kier alpha value is -3.07. The van der Waals surface area contributed by atoms with E-state index in [9.17, 15) is 4.79 Å². The first-order chi connectivity index (χ1) is 12.3. The van der Waals surface area contributed by atoms with Crippen molar-refractivity contribution in [2.75, 3.05) is 11.9 Å². The standard InChI is InChI=1S/C22H19NO2/c1-2-13-25-17-10-7-16(8-11-17)19-14-21(24)23-20-12-9-15-5-3-4-6-18(15)22(19)20/h2-12,19H,1,13-14H2,(H,23,24). The summed E-state index contributed by atoms with van der Waals surface area (Å²) in [6.07, 6.45) is 2.18. The zero-order valence-corrected chi connectivity index (χ0v) is 13.9. The maximum Gasteiger partial charge on any atom is 0.225 e. The highest BCUT2D eigenvalue weighted by Gasteiger charge is 2.28. The average molecular weight is 329 g/mol. The average Bonchev–Trinajstić information content (AvgIpc) is 2.66. The van der Waals surface area contributed by atoms with Gasteiger partial charge in [0, 0.05) is 18.0 Å². The van der Waals surface area contributed by atoms with Crippen molar-refractivity contribution in [3.8, 4) is 5.75 Å². The van der Waals surface area contributed by atoms with Gasteiger partial charge in [-0.15, -0.1) is 0 Å². The summed E-state index contributed by atoms with van der Waals surface area (Å²) in [5.74, 6) is 0.908. The van der Waals surface area contributed by atoms with Crippen molar-refractivity contribution in [1.82, 2.24) is 0 Å². The normalized spacial score (nSPS) is 16.2. The lowest BCUT2D eigenvalue weighted by Crippen LogP contribution is -2.23. The van der Waals surface area contributed by atoms with Crippen LogP contribution in [0.15, 0.2) is 73.3 Å². The third-order valence-electron chi connectivity index (χ3n) is 4.63. The van der Waals surface area contributed by atoms with E-state index in [0.29, 0.717) is 13.0 Å². The Labute approximate surface area is 146 Å². The molecule has 3 nitrogen and oxygen atoms in total. The summed E-state index contributed by atoms with van der Waals surface area (Å²) in [6, 6.07) is 20.4. The van der Waals surface area contributed by atoms with Gasteiger partial charge in [0.1, 0.15) is 12.4 Å². The Kier molecular flexibility index (Phi) is 3.98. The van der Waals surface area contributed by atoms with E-state index in [1.165, 1.54) is 16.3 Å². The molecule has 3 aromatic carbocycles. The smallest absolute Gasteiger partial charge is 0.225 e. The summed E-state index contributed by atoms with van der Waals surface area (Å²) < 4.78 is 5.56. The second-order valence-electron chi connectivity index (χ2n) is 6.22. The molecule has 1 atom stereocenters. The van der Waals surface area contributed by atoms with Gasteiger partial charge in [0.2, 0.25) is 5.91 Å². The molecule has 25 heavy (non-hydrogen) atoms. The van der Waals surface area contributed by atoms with Crippen molar-refractivity contribution in [2.45, 2.75) is 12.3 Å². The van der Waals surface area contributed by atoms with Gasteiger partial charge in [-0.2, -0.15) is 0 Å². The monoisotopic (exact) mass is 329 g/mol. The van der Waals surface area contributed by atoms with Crippen molar-refractivity contribution in [2.24, 2.45) is 0 Å². The number of benzene rings is 3. The summed E-state index contributed by atoms with van der Waals surface area (Å²) >= 11 is 0. The van der Waals surface area contributed by atoms with Crippen molar-refractivity contribution >= 4 is 22.4 Å². The van der Waals surface area contributed by atoms with E-state index in [0.717, 1.165) is 17.0 Å². The van der Waals surface area contributed by atoms with Crippen LogP contribution in [0.5, 0.6) is 5.75 Å². The Morgan fingerprint density at radius 1 is 1.08 bits per heavy atom. The number of fused-ring (bicyclic) bond motifs is 3. The van der Waals surface area contributed by atoms with E-state index >= 15 is 0 Å². The van der Waals surface area contributed by atoms with E-state index in [1.807, 2.05) is 42.5 Å². The van der Waals surface area contributed by atoms with Gasteiger partial charge >= 0.3 is 0 Å². The van der Waals surface area contributed by atoms with Gasteiger partial charge in [0.25, 0.3) is 0 Å². The van der Waals surface area contributed by atoms with Crippen LogP contribution < -0.4 is 10.1 Å². The largest absolute Gasteiger partial charge is 0.490 e. The molecule has 0 aromatic heterocycles. The fourth-order valence-corrected chi connectivity index (χ4v) is 3.50. The van der Waals surface area contributed by atoms with Crippen molar-refractivity contribution in [1.29, 1.82) is 0 Å². The Bertz CT molecular complexity index is 944. The first-order valence-electron chi connectivity index (χ1n) is 8.41. The molecule has 0 bridgehead atoms. The number of amides is 1. The summed E-state index contributed by atoms with van der Waals surface area (Å²) in [4.78, 5) is 12.2. The van der Waals surface area contributed by atoms with Gasteiger partial charge < -0.3 is 10.1 Å². The SMILES string of the molecule is C=CCOc1ccc(C2CC(=O)Nc3ccc4ccccc4c32)cc1. The molecule has 1 aliphatic heterocycles. The van der Waals surface area contributed by atoms with Gasteiger partial charge in [-0.05, 0) is 40.1 Å². The summed E-state index contributed by atoms with van der Waals surface area (Å²) in [5.41, 5.74) is 3.22. The molecule has 0 saturated carbocycles. The molecule has 0 fully saturated rings. The molecule has 1 heterocycles. The molecule has 0 radical (unpaired) electrons. The highest BCUT2D eigenvalue weighted by molar-refractivity contribution is 6.01. The molecular weight excluding hydrogens is 310 g/mol. The topological polar surface area (TPSA) is 38.3 Å². The van der Waals surface area contributed by atoms with Crippen molar-refractivity contribution in [3.63, 3.8) is 0 Å². The highest BCUT2D eigenvalue weighted by Crippen LogP contribution is 2.41. The van der Waals surface area contributed by atoms with Gasteiger partial charge in [-0.3, -0.25) is 4.79 Å². The lowest BCUT2D eigenvalue weighted by Gasteiger charge is -2.27. The molecule has 3 aromatic rings. The van der Waals surface area contributed by atoms with Crippen LogP contribution in [-0.4, -0.2) is 12.5 Å². The zero-order chi connectivity index (χ0) is 17.2. The first kappa shape index (κ1) is 15.5. The molecule has 0 spiro atoms. The minimum Gasteiger partial charge on any atom is -0.490 e. The minimum atomic E-state index is 0.0447. The first-order valence-corrected chi connectivity index (χ1v) is 8.41. The summed E-state index contributed by atoms with van der Waals surface area (Å²) in [5, 5.41) is 5.40. The summed E-state index contributed by atoms with van der Waals surface area (Å²) in [6.45, 7) is 4.14. The number of hydrogen-bond acceptors (Lipinski definition) is 2. The van der Waals surface area contributed by atoms with Gasteiger partial charge in [-0.25, -0.2) is 0 Å². The van der Waals surface area contributed by atoms with Gasteiger partial charge in [0.15, 0.2) is 0 Å². The molecule has 4 rings (SSSR count). The molecule has 124 valence electrons. The third-order valence-corrected chi connectivity index (χ3v) is 4.63. The highest BCUT2D eigenvalue weighted by atomic mass is 16.5. The maximum atomic E-state index is 12.2. The van der Waals surface area contributed by atoms with Crippen LogP contribution in [0.4, 0.5) is 5.69 Å². The fourth-order valence-electron chi connectivity index (χ4n) is 3.50. The quantitative estimate of drug-likeness (QED) is 0.693. The van der Waals surface area contributed by atoms with Crippen LogP contribution in [0.3, 0.4) is 0 Å². The van der Waals surface area contributed by atoms with E-state index in [1.54, 1.807) is 6.08 Å². The van der Waals surface area contributed by atoms with Crippen LogP contribution in [-0.2, 0) is 4.79 Å². The van der Waals surface area contributed by atoms with E-state index in [2.05, 4.69) is 30.1 Å². The second kappa shape index (κ2) is 6.44. The zero-order valence-electron chi connectivity index (χ0n) is 13.9. The molecule has 1 N–H and O–H groups in total. The van der Waals surface area contributed by atoms with Crippen LogP contribution in [0, 0.1) is 0 Å². The van der Waals surface area contributed by atoms with Crippen LogP contribution in [0.2, 0.25) is 0 Å².